The smallest absolute Gasteiger partial charge is 0.326 e. The molecule has 1 unspecified atom stereocenters. The Kier molecular flexibility index (Phi) is 6.41. The fourth-order valence-electron chi connectivity index (χ4n) is 2.03. The number of nitrogens with zero attached hydrogens (tertiary/aromatic N) is 1. The van der Waals surface area contributed by atoms with E-state index in [1.54, 1.807) is 13.8 Å². The largest absolute Gasteiger partial charge is 0.480 e. The SMILES string of the molecule is COC(=O)CC1CN(C(=O)N[C@H](C(=O)O)C(C)C)CCO1. The molecule has 8 heteroatoms. The summed E-state index contributed by atoms with van der Waals surface area (Å²) in [6, 6.07) is -1.41. The molecule has 0 aromatic heterocycles. The Morgan fingerprint density at radius 2 is 2.10 bits per heavy atom. The standard InChI is InChI=1S/C13H22N2O6/c1-8(2)11(12(17)18)14-13(19)15-4-5-21-9(7-15)6-10(16)20-3/h8-9,11H,4-7H2,1-3H3,(H,14,19)(H,17,18)/t9?,11-/m0/s1. The lowest BCUT2D eigenvalue weighted by molar-refractivity contribution is -0.145. The molecule has 120 valence electrons. The number of hydrogen-bond donors (Lipinski definition) is 2. The van der Waals surface area contributed by atoms with Gasteiger partial charge in [0.2, 0.25) is 0 Å². The van der Waals surface area contributed by atoms with E-state index >= 15 is 0 Å². The van der Waals surface area contributed by atoms with Gasteiger partial charge < -0.3 is 24.8 Å². The molecular weight excluding hydrogens is 280 g/mol. The summed E-state index contributed by atoms with van der Waals surface area (Å²) in [4.78, 5) is 35.9. The summed E-state index contributed by atoms with van der Waals surface area (Å²) in [5.74, 6) is -1.70. The quantitative estimate of drug-likeness (QED) is 0.696. The van der Waals surface area contributed by atoms with Gasteiger partial charge in [0.1, 0.15) is 6.04 Å². The first-order valence-corrected chi connectivity index (χ1v) is 6.81. The lowest BCUT2D eigenvalue weighted by Gasteiger charge is -2.33. The van der Waals surface area contributed by atoms with Crippen LogP contribution in [0.15, 0.2) is 0 Å². The average Bonchev–Trinajstić information content (AvgIpc) is 2.43. The van der Waals surface area contributed by atoms with E-state index in [1.165, 1.54) is 12.0 Å². The van der Waals surface area contributed by atoms with Crippen LogP contribution in [0.4, 0.5) is 4.79 Å². The van der Waals surface area contributed by atoms with E-state index in [4.69, 9.17) is 9.84 Å². The number of aliphatic carboxylic acids is 1. The van der Waals surface area contributed by atoms with Gasteiger partial charge >= 0.3 is 18.0 Å². The highest BCUT2D eigenvalue weighted by Crippen LogP contribution is 2.11. The van der Waals surface area contributed by atoms with E-state index in [1.807, 2.05) is 0 Å². The van der Waals surface area contributed by atoms with E-state index in [-0.39, 0.29) is 18.9 Å². The third kappa shape index (κ3) is 5.22. The van der Waals surface area contributed by atoms with Crippen LogP contribution in [-0.4, -0.2) is 66.9 Å². The minimum absolute atomic E-state index is 0.0623. The molecule has 0 aromatic carbocycles. The van der Waals surface area contributed by atoms with Gasteiger partial charge in [0.15, 0.2) is 0 Å². The zero-order chi connectivity index (χ0) is 16.0. The maximum Gasteiger partial charge on any atom is 0.326 e. The molecule has 1 fully saturated rings. The topological polar surface area (TPSA) is 105 Å². The number of amides is 2. The molecule has 2 N–H and O–H groups in total. The second-order valence-electron chi connectivity index (χ2n) is 5.23. The Bertz CT molecular complexity index is 398. The predicted molar refractivity (Wildman–Crippen MR) is 72.7 cm³/mol. The van der Waals surface area contributed by atoms with Crippen molar-refractivity contribution in [1.82, 2.24) is 10.2 Å². The van der Waals surface area contributed by atoms with Crippen molar-refractivity contribution < 1.29 is 29.0 Å². The first-order valence-electron chi connectivity index (χ1n) is 6.81. The summed E-state index contributed by atoms with van der Waals surface area (Å²) in [6.45, 7) is 4.32. The van der Waals surface area contributed by atoms with Crippen LogP contribution in [0.2, 0.25) is 0 Å². The van der Waals surface area contributed by atoms with Crippen molar-refractivity contribution in [2.24, 2.45) is 5.92 Å². The van der Waals surface area contributed by atoms with Crippen molar-refractivity contribution in [2.45, 2.75) is 32.4 Å². The number of nitrogens with one attached hydrogen (secondary N) is 1. The van der Waals surface area contributed by atoms with E-state index < -0.39 is 30.1 Å². The number of hydrogen-bond acceptors (Lipinski definition) is 5. The minimum atomic E-state index is -1.07. The van der Waals surface area contributed by atoms with Crippen molar-refractivity contribution in [1.29, 1.82) is 0 Å². The monoisotopic (exact) mass is 302 g/mol. The Labute approximate surface area is 123 Å². The Morgan fingerprint density at radius 3 is 2.62 bits per heavy atom. The van der Waals surface area contributed by atoms with Crippen LogP contribution >= 0.6 is 0 Å². The second kappa shape index (κ2) is 7.82. The predicted octanol–water partition coefficient (Wildman–Crippen LogP) is 0.0691. The summed E-state index contributed by atoms with van der Waals surface area (Å²) >= 11 is 0. The molecular formula is C13H22N2O6. The van der Waals surface area contributed by atoms with Crippen LogP contribution in [-0.2, 0) is 19.1 Å². The number of rotatable bonds is 5. The van der Waals surface area contributed by atoms with Gasteiger partial charge in [0.05, 0.1) is 26.2 Å². The summed E-state index contributed by atoms with van der Waals surface area (Å²) in [5.41, 5.74) is 0. The van der Waals surface area contributed by atoms with Crippen LogP contribution in [0, 0.1) is 5.92 Å². The van der Waals surface area contributed by atoms with Crippen LogP contribution in [0.5, 0.6) is 0 Å². The second-order valence-corrected chi connectivity index (χ2v) is 5.23. The minimum Gasteiger partial charge on any atom is -0.480 e. The van der Waals surface area contributed by atoms with E-state index in [0.29, 0.717) is 13.2 Å². The fourth-order valence-corrected chi connectivity index (χ4v) is 2.03. The molecule has 0 aliphatic carbocycles. The lowest BCUT2D eigenvalue weighted by Crippen LogP contribution is -2.54. The molecule has 2 amide bonds. The van der Waals surface area contributed by atoms with Crippen molar-refractivity contribution in [3.8, 4) is 0 Å². The first-order chi connectivity index (χ1) is 9.85. The van der Waals surface area contributed by atoms with Gasteiger partial charge in [-0.3, -0.25) is 4.79 Å². The number of carboxylic acids is 1. The molecule has 0 spiro atoms. The zero-order valence-corrected chi connectivity index (χ0v) is 12.5. The Morgan fingerprint density at radius 1 is 1.43 bits per heavy atom. The normalized spacial score (nSPS) is 20.0. The van der Waals surface area contributed by atoms with Gasteiger partial charge in [0, 0.05) is 13.1 Å². The maximum atomic E-state index is 12.1. The van der Waals surface area contributed by atoms with Crippen molar-refractivity contribution in [3.05, 3.63) is 0 Å². The van der Waals surface area contributed by atoms with Crippen LogP contribution in [0.25, 0.3) is 0 Å². The first kappa shape index (κ1) is 17.2. The van der Waals surface area contributed by atoms with Crippen molar-refractivity contribution in [2.75, 3.05) is 26.8 Å². The highest BCUT2D eigenvalue weighted by atomic mass is 16.5. The third-order valence-corrected chi connectivity index (χ3v) is 3.26. The van der Waals surface area contributed by atoms with Gasteiger partial charge in [-0.2, -0.15) is 0 Å². The number of methoxy groups -OCH3 is 1. The highest BCUT2D eigenvalue weighted by Gasteiger charge is 2.30. The van der Waals surface area contributed by atoms with Crippen LogP contribution in [0.3, 0.4) is 0 Å². The Balaban J connectivity index is 2.57. The van der Waals surface area contributed by atoms with E-state index in [2.05, 4.69) is 10.1 Å². The Hall–Kier alpha value is -1.83. The molecule has 1 aliphatic rings. The summed E-state index contributed by atoms with van der Waals surface area (Å²) in [5, 5.41) is 11.6. The van der Waals surface area contributed by atoms with Crippen LogP contribution in [0.1, 0.15) is 20.3 Å². The number of ether oxygens (including phenoxy) is 2. The van der Waals surface area contributed by atoms with E-state index in [9.17, 15) is 14.4 Å². The fraction of sp³-hybridized carbons (Fsp3) is 0.769. The maximum absolute atomic E-state index is 12.1. The van der Waals surface area contributed by atoms with Gasteiger partial charge in [-0.05, 0) is 5.92 Å². The molecule has 1 heterocycles. The number of esters is 1. The van der Waals surface area contributed by atoms with Gasteiger partial charge in [-0.25, -0.2) is 9.59 Å². The molecule has 0 radical (unpaired) electrons. The molecule has 0 aromatic rings. The highest BCUT2D eigenvalue weighted by molar-refractivity contribution is 5.82. The molecule has 21 heavy (non-hydrogen) atoms. The number of urea groups is 1. The molecule has 1 saturated heterocycles. The van der Waals surface area contributed by atoms with E-state index in [0.717, 1.165) is 0 Å². The number of carboxylic acid groups (broad SMARTS) is 1. The summed E-state index contributed by atoms with van der Waals surface area (Å²) in [7, 11) is 1.29. The number of carbonyl (C=O) groups is 3. The van der Waals surface area contributed by atoms with Crippen molar-refractivity contribution in [3.63, 3.8) is 0 Å². The number of morpholine rings is 1. The van der Waals surface area contributed by atoms with Crippen LogP contribution < -0.4 is 5.32 Å². The third-order valence-electron chi connectivity index (χ3n) is 3.26. The molecule has 2 atom stereocenters. The zero-order valence-electron chi connectivity index (χ0n) is 12.5. The van der Waals surface area contributed by atoms with Gasteiger partial charge in [-0.15, -0.1) is 0 Å². The molecule has 8 nitrogen and oxygen atoms in total. The van der Waals surface area contributed by atoms with Gasteiger partial charge in [-0.1, -0.05) is 13.8 Å². The van der Waals surface area contributed by atoms with Crippen molar-refractivity contribution >= 4 is 18.0 Å². The molecule has 0 saturated carbocycles. The molecule has 1 rings (SSSR count). The number of carbonyl (C=O) groups excluding carboxylic acids is 2. The summed E-state index contributed by atoms with van der Waals surface area (Å²) in [6.07, 6.45) is -0.369. The molecule has 1 aliphatic heterocycles. The lowest BCUT2D eigenvalue weighted by atomic mass is 10.1. The summed E-state index contributed by atoms with van der Waals surface area (Å²) < 4.78 is 9.95. The van der Waals surface area contributed by atoms with Gasteiger partial charge in [0.25, 0.3) is 0 Å². The molecule has 0 bridgehead atoms. The average molecular weight is 302 g/mol.